The molecule has 0 aromatic heterocycles. The van der Waals surface area contributed by atoms with Crippen molar-refractivity contribution >= 4 is 0 Å². The van der Waals surface area contributed by atoms with Crippen molar-refractivity contribution in [3.8, 4) is 0 Å². The SMILES string of the molecule is C[C@H]1O[C@@H](O[C@@H]2CC[C@@]3(C)[C@@H](CC[C@]4(C)[C@@H]3C=CC3=C5CC(C)(C)CC[C@]5(CO)[C@@H](O)C[C@]34C)[C@@]2(C)CO)[C@H](O)[C@@H](O)[C@H]1O. The van der Waals surface area contributed by atoms with Crippen molar-refractivity contribution in [1.29, 1.82) is 0 Å². The van der Waals surface area contributed by atoms with Crippen molar-refractivity contribution in [1.82, 2.24) is 0 Å². The van der Waals surface area contributed by atoms with Crippen LogP contribution in [-0.4, -0.2) is 86.8 Å². The number of fused-ring (bicyclic) bond motifs is 6. The normalized spacial score (nSPS) is 55.1. The first-order valence-corrected chi connectivity index (χ1v) is 17.1. The molecule has 0 unspecified atom stereocenters. The fourth-order valence-corrected chi connectivity index (χ4v) is 11.6. The Morgan fingerprint density at radius 2 is 1.57 bits per heavy atom. The van der Waals surface area contributed by atoms with Crippen LogP contribution < -0.4 is 0 Å². The molecule has 1 saturated heterocycles. The fourth-order valence-electron chi connectivity index (χ4n) is 11.6. The zero-order valence-corrected chi connectivity index (χ0v) is 27.9. The van der Waals surface area contributed by atoms with Crippen molar-refractivity contribution in [3.63, 3.8) is 0 Å². The van der Waals surface area contributed by atoms with E-state index in [2.05, 4.69) is 53.7 Å². The van der Waals surface area contributed by atoms with E-state index >= 15 is 0 Å². The van der Waals surface area contributed by atoms with Crippen molar-refractivity contribution in [2.75, 3.05) is 13.2 Å². The minimum Gasteiger partial charge on any atom is -0.396 e. The second kappa shape index (κ2) is 10.6. The molecule has 8 heteroatoms. The number of rotatable bonds is 4. The van der Waals surface area contributed by atoms with Gasteiger partial charge < -0.3 is 40.1 Å². The predicted octanol–water partition coefficient (Wildman–Crippen LogP) is 3.86. The number of hydrogen-bond acceptors (Lipinski definition) is 8. The van der Waals surface area contributed by atoms with E-state index in [1.807, 2.05) is 0 Å². The van der Waals surface area contributed by atoms with E-state index in [4.69, 9.17) is 9.47 Å². The Kier molecular flexibility index (Phi) is 7.95. The molecule has 0 radical (unpaired) electrons. The smallest absolute Gasteiger partial charge is 0.186 e. The van der Waals surface area contributed by atoms with E-state index in [-0.39, 0.29) is 46.7 Å². The molecule has 3 saturated carbocycles. The first-order chi connectivity index (χ1) is 20.4. The van der Waals surface area contributed by atoms with Gasteiger partial charge in [0.15, 0.2) is 6.29 Å². The van der Waals surface area contributed by atoms with Crippen LogP contribution >= 0.6 is 0 Å². The average Bonchev–Trinajstić information content (AvgIpc) is 2.96. The lowest BCUT2D eigenvalue weighted by molar-refractivity contribution is -0.327. The lowest BCUT2D eigenvalue weighted by Crippen LogP contribution is -2.66. The highest BCUT2D eigenvalue weighted by atomic mass is 16.7. The molecule has 0 bridgehead atoms. The zero-order valence-electron chi connectivity index (χ0n) is 27.9. The largest absolute Gasteiger partial charge is 0.396 e. The van der Waals surface area contributed by atoms with E-state index in [1.165, 1.54) is 11.1 Å². The predicted molar refractivity (Wildman–Crippen MR) is 166 cm³/mol. The van der Waals surface area contributed by atoms with Gasteiger partial charge in [0, 0.05) is 16.2 Å². The van der Waals surface area contributed by atoms with Gasteiger partial charge in [-0.2, -0.15) is 0 Å². The van der Waals surface area contributed by atoms with E-state index in [1.54, 1.807) is 6.92 Å². The van der Waals surface area contributed by atoms with Crippen LogP contribution in [0.15, 0.2) is 23.3 Å². The fraction of sp³-hybridized carbons (Fsp3) is 0.889. The molecule has 0 amide bonds. The van der Waals surface area contributed by atoms with Crippen molar-refractivity contribution in [2.45, 2.75) is 143 Å². The van der Waals surface area contributed by atoms with Crippen molar-refractivity contribution in [3.05, 3.63) is 23.3 Å². The molecule has 6 rings (SSSR count). The molecular weight excluding hydrogens is 560 g/mol. The van der Waals surface area contributed by atoms with Gasteiger partial charge in [0.25, 0.3) is 0 Å². The van der Waals surface area contributed by atoms with E-state index in [0.29, 0.717) is 12.8 Å². The van der Waals surface area contributed by atoms with E-state index in [0.717, 1.165) is 38.5 Å². The summed E-state index contributed by atoms with van der Waals surface area (Å²) in [6.45, 7) is 15.4. The Labute approximate surface area is 263 Å². The lowest BCUT2D eigenvalue weighted by Gasteiger charge is -2.70. The average molecular weight is 619 g/mol. The second-order valence-corrected chi connectivity index (χ2v) is 17.5. The Morgan fingerprint density at radius 1 is 0.864 bits per heavy atom. The van der Waals surface area contributed by atoms with Crippen LogP contribution in [0.5, 0.6) is 0 Å². The van der Waals surface area contributed by atoms with Crippen LogP contribution in [0, 0.1) is 44.3 Å². The number of ether oxygens (including phenoxy) is 2. The van der Waals surface area contributed by atoms with Gasteiger partial charge in [0.2, 0.25) is 0 Å². The van der Waals surface area contributed by atoms with E-state index in [9.17, 15) is 30.6 Å². The van der Waals surface area contributed by atoms with Crippen molar-refractivity contribution < 1.29 is 40.1 Å². The second-order valence-electron chi connectivity index (χ2n) is 17.5. The van der Waals surface area contributed by atoms with Gasteiger partial charge in [-0.15, -0.1) is 0 Å². The molecule has 1 heterocycles. The maximum Gasteiger partial charge on any atom is 0.186 e. The summed E-state index contributed by atoms with van der Waals surface area (Å²) in [7, 11) is 0. The number of allylic oxidation sites excluding steroid dienone is 3. The van der Waals surface area contributed by atoms with Crippen LogP contribution in [0.1, 0.15) is 99.8 Å². The van der Waals surface area contributed by atoms with Crippen LogP contribution in [0.25, 0.3) is 0 Å². The number of hydrogen-bond donors (Lipinski definition) is 6. The summed E-state index contributed by atoms with van der Waals surface area (Å²) in [5.41, 5.74) is 1.04. The highest BCUT2D eigenvalue weighted by Gasteiger charge is 2.69. The van der Waals surface area contributed by atoms with Crippen LogP contribution in [0.2, 0.25) is 0 Å². The molecule has 14 atom stereocenters. The first-order valence-electron chi connectivity index (χ1n) is 17.1. The molecule has 6 aliphatic rings. The topological polar surface area (TPSA) is 140 Å². The molecule has 0 aromatic carbocycles. The van der Waals surface area contributed by atoms with Gasteiger partial charge >= 0.3 is 0 Å². The molecule has 5 aliphatic carbocycles. The third-order valence-electron chi connectivity index (χ3n) is 14.7. The Balaban J connectivity index is 1.36. The summed E-state index contributed by atoms with van der Waals surface area (Å²) in [4.78, 5) is 0. The molecule has 250 valence electrons. The number of aliphatic hydroxyl groups excluding tert-OH is 6. The Hall–Kier alpha value is -0.840. The summed E-state index contributed by atoms with van der Waals surface area (Å²) in [5, 5.41) is 65.0. The quantitative estimate of drug-likeness (QED) is 0.261. The maximum atomic E-state index is 11.9. The van der Waals surface area contributed by atoms with Gasteiger partial charge in [-0.1, -0.05) is 59.3 Å². The summed E-state index contributed by atoms with van der Waals surface area (Å²) in [5.74, 6) is 0.348. The summed E-state index contributed by atoms with van der Waals surface area (Å²) >= 11 is 0. The third-order valence-corrected chi connectivity index (χ3v) is 14.7. The van der Waals surface area contributed by atoms with Gasteiger partial charge in [-0.3, -0.25) is 0 Å². The molecule has 0 spiro atoms. The molecule has 0 aromatic rings. The summed E-state index contributed by atoms with van der Waals surface area (Å²) in [6, 6.07) is 0. The highest BCUT2D eigenvalue weighted by molar-refractivity contribution is 5.47. The third kappa shape index (κ3) is 4.31. The molecule has 4 fully saturated rings. The van der Waals surface area contributed by atoms with Crippen LogP contribution in [0.3, 0.4) is 0 Å². The van der Waals surface area contributed by atoms with Gasteiger partial charge in [0.05, 0.1) is 31.5 Å². The Morgan fingerprint density at radius 3 is 2.23 bits per heavy atom. The van der Waals surface area contributed by atoms with Gasteiger partial charge in [-0.05, 0) is 91.9 Å². The monoisotopic (exact) mass is 618 g/mol. The van der Waals surface area contributed by atoms with Crippen molar-refractivity contribution in [2.24, 2.45) is 44.3 Å². The highest BCUT2D eigenvalue weighted by Crippen LogP contribution is 2.74. The minimum atomic E-state index is -1.38. The van der Waals surface area contributed by atoms with Gasteiger partial charge in [-0.25, -0.2) is 0 Å². The lowest BCUT2D eigenvalue weighted by atomic mass is 9.35. The zero-order chi connectivity index (χ0) is 32.3. The standard InChI is InChI=1S/C36H58O8/c1-20-27(40)28(41)29(42)30(43-20)44-26-11-12-32(4)23(33(26,5)18-37)10-13-34(6)24(32)9-8-21-22-16-31(2,3)14-15-36(22,19-38)25(39)17-35(21,34)7/h8-9,20,23-30,37-42H,10-19H2,1-7H3/t20-,23-,24-,25+,26-,27+,28+,29-,30+,32+,33-,34-,35-,36-/m1/s1. The summed E-state index contributed by atoms with van der Waals surface area (Å²) in [6.07, 6.45) is 4.77. The maximum absolute atomic E-state index is 11.9. The molecule has 44 heavy (non-hydrogen) atoms. The number of aliphatic hydroxyl groups is 6. The van der Waals surface area contributed by atoms with E-state index < -0.39 is 53.7 Å². The molecule has 1 aliphatic heterocycles. The Bertz CT molecular complexity index is 1200. The minimum absolute atomic E-state index is 0.0165. The van der Waals surface area contributed by atoms with Crippen LogP contribution in [0.4, 0.5) is 0 Å². The van der Waals surface area contributed by atoms with Crippen LogP contribution in [-0.2, 0) is 9.47 Å². The van der Waals surface area contributed by atoms with Gasteiger partial charge in [0.1, 0.15) is 18.3 Å². The molecule has 8 nitrogen and oxygen atoms in total. The summed E-state index contributed by atoms with van der Waals surface area (Å²) < 4.78 is 12.3. The first kappa shape index (κ1) is 33.1. The molecular formula is C36H58O8. The molecule has 6 N–H and O–H groups in total.